The molecule has 0 saturated carbocycles. The first-order valence-corrected chi connectivity index (χ1v) is 9.67. The summed E-state index contributed by atoms with van der Waals surface area (Å²) >= 11 is 0. The molecule has 0 fully saturated rings. The van der Waals surface area contributed by atoms with Gasteiger partial charge in [0.05, 0.1) is 13.2 Å². The van der Waals surface area contributed by atoms with Crippen molar-refractivity contribution >= 4 is 6.08 Å². The molecule has 1 heterocycles. The van der Waals surface area contributed by atoms with Gasteiger partial charge in [-0.15, -0.1) is 0 Å². The molecule has 1 aliphatic heterocycles. The minimum absolute atomic E-state index is 0.168. The molecule has 3 nitrogen and oxygen atoms in total. The lowest BCUT2D eigenvalue weighted by molar-refractivity contribution is 0.283. The van der Waals surface area contributed by atoms with E-state index in [9.17, 15) is 0 Å². The van der Waals surface area contributed by atoms with Crippen molar-refractivity contribution in [3.63, 3.8) is 0 Å². The van der Waals surface area contributed by atoms with Crippen molar-refractivity contribution in [3.8, 4) is 11.5 Å². The van der Waals surface area contributed by atoms with Crippen LogP contribution < -0.4 is 14.8 Å². The molecule has 142 valence electrons. The average molecular weight is 371 g/mol. The van der Waals surface area contributed by atoms with E-state index in [1.54, 1.807) is 7.11 Å². The fraction of sp³-hybridized carbons (Fsp3) is 0.200. The number of hydrogen-bond donors (Lipinski definition) is 1. The van der Waals surface area contributed by atoms with Gasteiger partial charge in [0.2, 0.25) is 0 Å². The zero-order chi connectivity index (χ0) is 19.2. The molecule has 0 aliphatic carbocycles. The molecule has 3 aromatic carbocycles. The average Bonchev–Trinajstić information content (AvgIpc) is 2.77. The maximum absolute atomic E-state index is 6.08. The summed E-state index contributed by atoms with van der Waals surface area (Å²) in [6, 6.07) is 25.0. The number of fused-ring (bicyclic) bond motifs is 1. The molecule has 1 N–H and O–H groups in total. The summed E-state index contributed by atoms with van der Waals surface area (Å²) < 4.78 is 11.7. The molecule has 3 aromatic rings. The quantitative estimate of drug-likeness (QED) is 0.648. The molecule has 4 rings (SSSR count). The summed E-state index contributed by atoms with van der Waals surface area (Å²) in [5, 5.41) is 3.59. The minimum Gasteiger partial charge on any atom is -0.493 e. The number of methoxy groups -OCH3 is 1. The van der Waals surface area contributed by atoms with Crippen LogP contribution in [0.4, 0.5) is 0 Å². The standard InChI is InChI=1S/C25H25NO2/c1-27-24-17-22-21(16-25(24)28-18-20-10-6-3-7-11-20)14-15-26-23(22)13-12-19-8-4-2-5-9-19/h2-13,16-17,23,26H,14-15,18H2,1H3/b13-12+. The van der Waals surface area contributed by atoms with Gasteiger partial charge in [-0.2, -0.15) is 0 Å². The second kappa shape index (κ2) is 8.77. The Morgan fingerprint density at radius 1 is 0.964 bits per heavy atom. The largest absolute Gasteiger partial charge is 0.493 e. The van der Waals surface area contributed by atoms with E-state index in [0.717, 1.165) is 30.0 Å². The Labute approximate surface area is 166 Å². The zero-order valence-electron chi connectivity index (χ0n) is 16.1. The van der Waals surface area contributed by atoms with E-state index in [-0.39, 0.29) is 6.04 Å². The Balaban J connectivity index is 1.57. The van der Waals surface area contributed by atoms with Crippen LogP contribution in [0, 0.1) is 0 Å². The summed E-state index contributed by atoms with van der Waals surface area (Å²) in [7, 11) is 1.70. The van der Waals surface area contributed by atoms with Gasteiger partial charge in [0, 0.05) is 6.54 Å². The topological polar surface area (TPSA) is 30.5 Å². The van der Waals surface area contributed by atoms with E-state index in [4.69, 9.17) is 9.47 Å². The number of ether oxygens (including phenoxy) is 2. The van der Waals surface area contributed by atoms with Crippen molar-refractivity contribution in [3.05, 3.63) is 101 Å². The molecule has 0 saturated heterocycles. The molecule has 1 atom stereocenters. The smallest absolute Gasteiger partial charge is 0.161 e. The van der Waals surface area contributed by atoms with Crippen molar-refractivity contribution in [1.82, 2.24) is 5.32 Å². The molecule has 0 radical (unpaired) electrons. The van der Waals surface area contributed by atoms with Crippen LogP contribution in [0.1, 0.15) is 28.3 Å². The van der Waals surface area contributed by atoms with Crippen molar-refractivity contribution in [1.29, 1.82) is 0 Å². The molecule has 0 aromatic heterocycles. The second-order valence-corrected chi connectivity index (χ2v) is 6.93. The van der Waals surface area contributed by atoms with Crippen molar-refractivity contribution in [2.24, 2.45) is 0 Å². The van der Waals surface area contributed by atoms with Crippen LogP contribution in [0.2, 0.25) is 0 Å². The molecule has 0 spiro atoms. The monoisotopic (exact) mass is 371 g/mol. The van der Waals surface area contributed by atoms with Crippen molar-refractivity contribution in [2.45, 2.75) is 19.1 Å². The summed E-state index contributed by atoms with van der Waals surface area (Å²) in [4.78, 5) is 0. The lowest BCUT2D eigenvalue weighted by atomic mass is 9.93. The van der Waals surface area contributed by atoms with Crippen LogP contribution in [0.15, 0.2) is 78.9 Å². The first-order valence-electron chi connectivity index (χ1n) is 9.67. The molecular weight excluding hydrogens is 346 g/mol. The number of hydrogen-bond acceptors (Lipinski definition) is 3. The number of rotatable bonds is 6. The molecule has 3 heteroatoms. The summed E-state index contributed by atoms with van der Waals surface area (Å²) in [6.45, 7) is 1.48. The summed E-state index contributed by atoms with van der Waals surface area (Å²) in [5.41, 5.74) is 4.91. The third-order valence-corrected chi connectivity index (χ3v) is 5.04. The molecule has 28 heavy (non-hydrogen) atoms. The van der Waals surface area contributed by atoms with Gasteiger partial charge < -0.3 is 14.8 Å². The van der Waals surface area contributed by atoms with Gasteiger partial charge in [0.15, 0.2) is 11.5 Å². The van der Waals surface area contributed by atoms with E-state index < -0.39 is 0 Å². The Kier molecular flexibility index (Phi) is 5.74. The first-order chi connectivity index (χ1) is 13.8. The lowest BCUT2D eigenvalue weighted by Crippen LogP contribution is -2.28. The molecular formula is C25H25NO2. The van der Waals surface area contributed by atoms with Crippen LogP contribution in [0.25, 0.3) is 6.08 Å². The van der Waals surface area contributed by atoms with Crippen molar-refractivity contribution in [2.75, 3.05) is 13.7 Å². The van der Waals surface area contributed by atoms with Crippen molar-refractivity contribution < 1.29 is 9.47 Å². The van der Waals surface area contributed by atoms with E-state index in [1.165, 1.54) is 16.7 Å². The second-order valence-electron chi connectivity index (χ2n) is 6.93. The van der Waals surface area contributed by atoms with Gasteiger partial charge in [-0.3, -0.25) is 0 Å². The van der Waals surface area contributed by atoms with Gasteiger partial charge in [0.25, 0.3) is 0 Å². The third kappa shape index (κ3) is 4.26. The van der Waals surface area contributed by atoms with Gasteiger partial charge in [-0.05, 0) is 40.8 Å². The predicted molar refractivity (Wildman–Crippen MR) is 114 cm³/mol. The van der Waals surface area contributed by atoms with Gasteiger partial charge >= 0.3 is 0 Å². The first kappa shape index (κ1) is 18.3. The fourth-order valence-electron chi connectivity index (χ4n) is 3.55. The highest BCUT2D eigenvalue weighted by Gasteiger charge is 2.21. The molecule has 1 unspecified atom stereocenters. The maximum Gasteiger partial charge on any atom is 0.161 e. The Bertz CT molecular complexity index is 936. The van der Waals surface area contributed by atoms with Crippen LogP contribution in [-0.2, 0) is 13.0 Å². The highest BCUT2D eigenvalue weighted by Crippen LogP contribution is 2.36. The Morgan fingerprint density at radius 2 is 1.71 bits per heavy atom. The Morgan fingerprint density at radius 3 is 2.46 bits per heavy atom. The predicted octanol–water partition coefficient (Wildman–Crippen LogP) is 5.17. The van der Waals surface area contributed by atoms with Crippen LogP contribution in [0.5, 0.6) is 11.5 Å². The lowest BCUT2D eigenvalue weighted by Gasteiger charge is -2.26. The Hall–Kier alpha value is -3.04. The SMILES string of the molecule is COc1cc2c(cc1OCc1ccccc1)CCNC2/C=C/c1ccccc1. The number of benzene rings is 3. The maximum atomic E-state index is 6.08. The zero-order valence-corrected chi connectivity index (χ0v) is 16.1. The normalized spacial score (nSPS) is 16.0. The van der Waals surface area contributed by atoms with E-state index in [1.807, 2.05) is 24.3 Å². The molecule has 0 amide bonds. The molecule has 1 aliphatic rings. The van der Waals surface area contributed by atoms with Gasteiger partial charge in [-0.1, -0.05) is 72.8 Å². The number of nitrogens with one attached hydrogen (secondary N) is 1. The molecule has 0 bridgehead atoms. The van der Waals surface area contributed by atoms with E-state index in [2.05, 4.69) is 66.0 Å². The van der Waals surface area contributed by atoms with Crippen LogP contribution in [0.3, 0.4) is 0 Å². The summed E-state index contributed by atoms with van der Waals surface area (Å²) in [6.07, 6.45) is 5.37. The van der Waals surface area contributed by atoms with Gasteiger partial charge in [-0.25, -0.2) is 0 Å². The fourth-order valence-corrected chi connectivity index (χ4v) is 3.55. The van der Waals surface area contributed by atoms with E-state index in [0.29, 0.717) is 6.61 Å². The van der Waals surface area contributed by atoms with Gasteiger partial charge in [0.1, 0.15) is 6.61 Å². The van der Waals surface area contributed by atoms with E-state index >= 15 is 0 Å². The van der Waals surface area contributed by atoms with Crippen LogP contribution >= 0.6 is 0 Å². The third-order valence-electron chi connectivity index (χ3n) is 5.04. The highest BCUT2D eigenvalue weighted by atomic mass is 16.5. The minimum atomic E-state index is 0.168. The summed E-state index contributed by atoms with van der Waals surface area (Å²) in [5.74, 6) is 1.58. The van der Waals surface area contributed by atoms with Crippen LogP contribution in [-0.4, -0.2) is 13.7 Å². The highest BCUT2D eigenvalue weighted by molar-refractivity contribution is 5.54.